The highest BCUT2D eigenvalue weighted by Crippen LogP contribution is 2.29. The molecule has 0 aromatic heterocycles. The highest BCUT2D eigenvalue weighted by atomic mass is 16.5. The van der Waals surface area contributed by atoms with Gasteiger partial charge in [-0.3, -0.25) is 0 Å². The first kappa shape index (κ1) is 7.45. The Morgan fingerprint density at radius 2 is 2.10 bits per heavy atom. The molecule has 0 saturated carbocycles. The second-order valence-corrected chi connectivity index (χ2v) is 3.77. The zero-order chi connectivity index (χ0) is 7.78. The number of ether oxygens (including phenoxy) is 1. The van der Waals surface area contributed by atoms with E-state index in [0.29, 0.717) is 6.73 Å². The molecular weight excluding hydrogens is 126 g/mol. The topological polar surface area (TPSA) is 12.5 Å². The van der Waals surface area contributed by atoms with Gasteiger partial charge in [0.15, 0.2) is 6.73 Å². The molecule has 0 N–H and O–H groups in total. The fourth-order valence-electron chi connectivity index (χ4n) is 0.856. The van der Waals surface area contributed by atoms with Crippen LogP contribution in [0.4, 0.5) is 0 Å². The molecule has 0 saturated heterocycles. The number of rotatable bonds is 0. The van der Waals surface area contributed by atoms with E-state index in [1.165, 1.54) is 0 Å². The Kier molecular flexibility index (Phi) is 1.63. The number of allylic oxidation sites excluding steroid dienone is 1. The van der Waals surface area contributed by atoms with Gasteiger partial charge in [0.1, 0.15) is 5.76 Å². The van der Waals surface area contributed by atoms with Gasteiger partial charge in [0.2, 0.25) is 0 Å². The van der Waals surface area contributed by atoms with Crippen LogP contribution in [0.25, 0.3) is 0 Å². The molecule has 1 heterocycles. The van der Waals surface area contributed by atoms with E-state index >= 15 is 0 Å². The summed E-state index contributed by atoms with van der Waals surface area (Å²) in [7, 11) is 2.01. The zero-order valence-electron chi connectivity index (χ0n) is 7.14. The molecule has 58 valence electrons. The molecule has 0 atom stereocenters. The van der Waals surface area contributed by atoms with Gasteiger partial charge in [0, 0.05) is 18.7 Å². The molecule has 0 fully saturated rings. The van der Waals surface area contributed by atoms with Crippen LogP contribution < -0.4 is 0 Å². The van der Waals surface area contributed by atoms with Crippen molar-refractivity contribution in [2.24, 2.45) is 5.41 Å². The summed E-state index contributed by atoms with van der Waals surface area (Å²) in [4.78, 5) is 2.04. The van der Waals surface area contributed by atoms with Crippen molar-refractivity contribution in [3.63, 3.8) is 0 Å². The molecule has 1 rings (SSSR count). The molecule has 0 radical (unpaired) electrons. The van der Waals surface area contributed by atoms with E-state index in [1.54, 1.807) is 0 Å². The number of hydrogen-bond acceptors (Lipinski definition) is 2. The molecular formula is C8H15NO. The van der Waals surface area contributed by atoms with Crippen molar-refractivity contribution in [1.82, 2.24) is 4.90 Å². The molecule has 0 aromatic carbocycles. The summed E-state index contributed by atoms with van der Waals surface area (Å²) in [5.74, 6) is 1.08. The molecule has 0 aromatic rings. The average Bonchev–Trinajstić information content (AvgIpc) is 2.11. The van der Waals surface area contributed by atoms with E-state index in [1.807, 2.05) is 11.9 Å². The third-order valence-corrected chi connectivity index (χ3v) is 1.50. The van der Waals surface area contributed by atoms with E-state index in [0.717, 1.165) is 5.76 Å². The lowest BCUT2D eigenvalue weighted by molar-refractivity contribution is 0.131. The molecule has 10 heavy (non-hydrogen) atoms. The second-order valence-electron chi connectivity index (χ2n) is 3.77. The maximum absolute atomic E-state index is 5.42. The Balaban J connectivity index is 2.67. The lowest BCUT2D eigenvalue weighted by Gasteiger charge is -2.17. The summed E-state index contributed by atoms with van der Waals surface area (Å²) in [5.41, 5.74) is 0.157. The molecule has 0 bridgehead atoms. The van der Waals surface area contributed by atoms with Gasteiger partial charge in [-0.05, 0) is 0 Å². The van der Waals surface area contributed by atoms with Crippen LogP contribution >= 0.6 is 0 Å². The largest absolute Gasteiger partial charge is 0.475 e. The van der Waals surface area contributed by atoms with Crippen LogP contribution in [0.3, 0.4) is 0 Å². The summed E-state index contributed by atoms with van der Waals surface area (Å²) in [6, 6.07) is 0. The van der Waals surface area contributed by atoms with Crippen molar-refractivity contribution < 1.29 is 4.74 Å². The highest BCUT2D eigenvalue weighted by Gasteiger charge is 2.22. The predicted molar refractivity (Wildman–Crippen MR) is 41.3 cm³/mol. The Labute approximate surface area is 62.5 Å². The predicted octanol–water partition coefficient (Wildman–Crippen LogP) is 1.79. The standard InChI is InChI=1S/C8H15NO/c1-8(2,3)7-5-9(4)6-10-7/h5H,6H2,1-4H3. The number of nitrogens with zero attached hydrogens (tertiary/aromatic N) is 1. The van der Waals surface area contributed by atoms with E-state index in [4.69, 9.17) is 4.74 Å². The van der Waals surface area contributed by atoms with Gasteiger partial charge >= 0.3 is 0 Å². The Bertz CT molecular complexity index is 155. The smallest absolute Gasteiger partial charge is 0.160 e. The normalized spacial score (nSPS) is 18.8. The molecule has 0 spiro atoms. The van der Waals surface area contributed by atoms with Gasteiger partial charge in [0.05, 0.1) is 0 Å². The van der Waals surface area contributed by atoms with Crippen molar-refractivity contribution in [2.45, 2.75) is 20.8 Å². The van der Waals surface area contributed by atoms with Crippen molar-refractivity contribution >= 4 is 0 Å². The van der Waals surface area contributed by atoms with E-state index < -0.39 is 0 Å². The maximum Gasteiger partial charge on any atom is 0.160 e. The lowest BCUT2D eigenvalue weighted by atomic mass is 9.94. The molecule has 0 amide bonds. The van der Waals surface area contributed by atoms with Crippen molar-refractivity contribution in [2.75, 3.05) is 13.8 Å². The first-order valence-corrected chi connectivity index (χ1v) is 3.55. The fourth-order valence-corrected chi connectivity index (χ4v) is 0.856. The second kappa shape index (κ2) is 2.19. The van der Waals surface area contributed by atoms with Crippen LogP contribution in [0.1, 0.15) is 20.8 Å². The van der Waals surface area contributed by atoms with Gasteiger partial charge < -0.3 is 9.64 Å². The van der Waals surface area contributed by atoms with Crippen molar-refractivity contribution in [1.29, 1.82) is 0 Å². The van der Waals surface area contributed by atoms with Crippen LogP contribution in [-0.4, -0.2) is 18.7 Å². The average molecular weight is 141 g/mol. The van der Waals surface area contributed by atoms with Gasteiger partial charge in [-0.1, -0.05) is 20.8 Å². The van der Waals surface area contributed by atoms with Crippen molar-refractivity contribution in [3.8, 4) is 0 Å². The minimum absolute atomic E-state index is 0.157. The van der Waals surface area contributed by atoms with Gasteiger partial charge in [-0.25, -0.2) is 0 Å². The molecule has 2 heteroatoms. The minimum Gasteiger partial charge on any atom is -0.475 e. The monoisotopic (exact) mass is 141 g/mol. The zero-order valence-corrected chi connectivity index (χ0v) is 7.14. The molecule has 2 nitrogen and oxygen atoms in total. The van der Waals surface area contributed by atoms with Crippen LogP contribution in [0.5, 0.6) is 0 Å². The van der Waals surface area contributed by atoms with E-state index in [2.05, 4.69) is 27.0 Å². The summed E-state index contributed by atoms with van der Waals surface area (Å²) in [5, 5.41) is 0. The van der Waals surface area contributed by atoms with E-state index in [9.17, 15) is 0 Å². The molecule has 0 aliphatic carbocycles. The van der Waals surface area contributed by atoms with E-state index in [-0.39, 0.29) is 5.41 Å². The Hall–Kier alpha value is -0.660. The van der Waals surface area contributed by atoms with Crippen molar-refractivity contribution in [3.05, 3.63) is 12.0 Å². The molecule has 0 unspecified atom stereocenters. The number of hydrogen-bond donors (Lipinski definition) is 0. The third-order valence-electron chi connectivity index (χ3n) is 1.50. The first-order chi connectivity index (χ1) is 4.50. The van der Waals surface area contributed by atoms with Crippen LogP contribution in [0.2, 0.25) is 0 Å². The summed E-state index contributed by atoms with van der Waals surface area (Å²) < 4.78 is 5.42. The molecule has 1 aliphatic rings. The summed E-state index contributed by atoms with van der Waals surface area (Å²) >= 11 is 0. The Morgan fingerprint density at radius 1 is 1.50 bits per heavy atom. The SMILES string of the molecule is CN1C=C(C(C)(C)C)OC1. The maximum atomic E-state index is 5.42. The third kappa shape index (κ3) is 1.43. The van der Waals surface area contributed by atoms with Gasteiger partial charge in [-0.2, -0.15) is 0 Å². The van der Waals surface area contributed by atoms with Crippen LogP contribution in [0, 0.1) is 5.41 Å². The molecule has 1 aliphatic heterocycles. The fraction of sp³-hybridized carbons (Fsp3) is 0.750. The van der Waals surface area contributed by atoms with Gasteiger partial charge in [-0.15, -0.1) is 0 Å². The first-order valence-electron chi connectivity index (χ1n) is 3.55. The summed E-state index contributed by atoms with van der Waals surface area (Å²) in [6.07, 6.45) is 2.06. The summed E-state index contributed by atoms with van der Waals surface area (Å²) in [6.45, 7) is 7.15. The quantitative estimate of drug-likeness (QED) is 0.510. The minimum atomic E-state index is 0.157. The van der Waals surface area contributed by atoms with Gasteiger partial charge in [0.25, 0.3) is 0 Å². The van der Waals surface area contributed by atoms with Crippen LogP contribution in [0.15, 0.2) is 12.0 Å². The van der Waals surface area contributed by atoms with Crippen LogP contribution in [-0.2, 0) is 4.74 Å². The highest BCUT2D eigenvalue weighted by molar-refractivity contribution is 5.04. The lowest BCUT2D eigenvalue weighted by Crippen LogP contribution is -2.09. The Morgan fingerprint density at radius 3 is 2.30 bits per heavy atom.